The lowest BCUT2D eigenvalue weighted by atomic mass is 9.93. The maximum absolute atomic E-state index is 12.6. The summed E-state index contributed by atoms with van der Waals surface area (Å²) in [6, 6.07) is 1.48. The number of rotatable bonds is 16. The van der Waals surface area contributed by atoms with Crippen LogP contribution in [0.3, 0.4) is 0 Å². The van der Waals surface area contributed by atoms with Crippen LogP contribution in [0.15, 0.2) is 18.2 Å². The van der Waals surface area contributed by atoms with Crippen molar-refractivity contribution in [3.63, 3.8) is 0 Å². The Hall–Kier alpha value is -3.58. The van der Waals surface area contributed by atoms with Gasteiger partial charge in [0.25, 0.3) is 11.6 Å². The molecule has 4 amide bonds. The van der Waals surface area contributed by atoms with Gasteiger partial charge in [0, 0.05) is 29.8 Å². The predicted octanol–water partition coefficient (Wildman–Crippen LogP) is 0.307. The number of nitro groups is 1. The third-order valence-electron chi connectivity index (χ3n) is 5.43. The van der Waals surface area contributed by atoms with Crippen molar-refractivity contribution in [1.29, 1.82) is 0 Å². The molecule has 14 heteroatoms. The summed E-state index contributed by atoms with van der Waals surface area (Å²) in [6.07, 6.45) is 0.919. The number of carbonyl (C=O) groups is 5. The van der Waals surface area contributed by atoms with Gasteiger partial charge in [-0.1, -0.05) is 11.6 Å². The molecule has 0 fully saturated rings. The number of halogens is 1. The van der Waals surface area contributed by atoms with Gasteiger partial charge in [0.15, 0.2) is 5.78 Å². The van der Waals surface area contributed by atoms with Crippen LogP contribution in [0.4, 0.5) is 5.69 Å². The fourth-order valence-electron chi connectivity index (χ4n) is 3.32. The quantitative estimate of drug-likeness (QED) is 0.114. The number of Topliss-reactive ketones (excluding diaryl/α,β-unsaturated/α-hetero) is 1. The molecule has 0 bridgehead atoms. The Kier molecular flexibility index (Phi) is 12.5. The first-order valence-corrected chi connectivity index (χ1v) is 11.6. The van der Waals surface area contributed by atoms with Gasteiger partial charge in [-0.2, -0.15) is 0 Å². The second kappa shape index (κ2) is 14.7. The van der Waals surface area contributed by atoms with Crippen molar-refractivity contribution >= 4 is 46.7 Å². The van der Waals surface area contributed by atoms with E-state index in [0.717, 1.165) is 12.1 Å². The number of hydrogen-bond donors (Lipinski definition) is 5. The van der Waals surface area contributed by atoms with E-state index in [1.807, 2.05) is 0 Å². The first-order chi connectivity index (χ1) is 16.9. The number of benzene rings is 1. The zero-order chi connectivity index (χ0) is 27.4. The van der Waals surface area contributed by atoms with E-state index in [2.05, 4.69) is 10.6 Å². The van der Waals surface area contributed by atoms with E-state index in [4.69, 9.17) is 28.8 Å². The van der Waals surface area contributed by atoms with Crippen molar-refractivity contribution in [2.75, 3.05) is 6.54 Å². The highest BCUT2D eigenvalue weighted by Crippen LogP contribution is 2.23. The summed E-state index contributed by atoms with van der Waals surface area (Å²) in [6.45, 7) is 1.79. The Morgan fingerprint density at radius 3 is 2.28 bits per heavy atom. The molecule has 1 aromatic rings. The van der Waals surface area contributed by atoms with Gasteiger partial charge in [-0.25, -0.2) is 0 Å². The van der Waals surface area contributed by atoms with Crippen molar-refractivity contribution < 1.29 is 28.9 Å². The molecule has 8 N–H and O–H groups in total. The summed E-state index contributed by atoms with van der Waals surface area (Å²) in [7, 11) is 0. The van der Waals surface area contributed by atoms with Crippen LogP contribution in [0.5, 0.6) is 0 Å². The summed E-state index contributed by atoms with van der Waals surface area (Å²) in [5.74, 6) is -4.52. The Morgan fingerprint density at radius 2 is 1.72 bits per heavy atom. The molecule has 0 aliphatic carbocycles. The van der Waals surface area contributed by atoms with Crippen LogP contribution >= 0.6 is 11.6 Å². The fourth-order valence-corrected chi connectivity index (χ4v) is 3.48. The SMILES string of the molecule is CC(NC(=O)c1ccc(Cl)cc1[N+](=O)[O-])C(=O)C[C@@H](CCC(=O)NC(CCCCN)C(N)=O)C(N)=O. The van der Waals surface area contributed by atoms with Crippen LogP contribution in [-0.2, 0) is 19.2 Å². The third kappa shape index (κ3) is 9.96. The standard InChI is InChI=1S/C22H31ClN6O7/c1-12(27-22(34)15-7-6-14(23)11-17(15)29(35)36)18(30)10-13(20(25)32)5-8-19(31)28-16(21(26)33)4-2-3-9-24/h6-7,11-13,16H,2-5,8-10,24H2,1H3,(H2,25,32)(H2,26,33)(H,27,34)(H,28,31)/t12?,13-,16?/m1/s1. The van der Waals surface area contributed by atoms with Crippen molar-refractivity contribution in [3.05, 3.63) is 38.9 Å². The largest absolute Gasteiger partial charge is 0.369 e. The van der Waals surface area contributed by atoms with Crippen LogP contribution in [0.1, 0.15) is 55.8 Å². The molecule has 1 rings (SSSR count). The maximum atomic E-state index is 12.6. The van der Waals surface area contributed by atoms with Gasteiger partial charge in [-0.05, 0) is 51.3 Å². The smallest absolute Gasteiger partial charge is 0.283 e. The minimum atomic E-state index is -1.11. The molecule has 0 spiro atoms. The highest BCUT2D eigenvalue weighted by Gasteiger charge is 2.27. The van der Waals surface area contributed by atoms with Crippen LogP contribution in [0, 0.1) is 16.0 Å². The number of hydrogen-bond acceptors (Lipinski definition) is 8. The first-order valence-electron chi connectivity index (χ1n) is 11.2. The summed E-state index contributed by atoms with van der Waals surface area (Å²) in [5.41, 5.74) is 15.3. The van der Waals surface area contributed by atoms with E-state index in [1.54, 1.807) is 0 Å². The Bertz CT molecular complexity index is 1000. The Morgan fingerprint density at radius 1 is 1.06 bits per heavy atom. The van der Waals surface area contributed by atoms with Gasteiger partial charge < -0.3 is 27.8 Å². The van der Waals surface area contributed by atoms with Gasteiger partial charge >= 0.3 is 0 Å². The molecule has 0 radical (unpaired) electrons. The Labute approximate surface area is 212 Å². The molecule has 0 aromatic heterocycles. The molecule has 1 aromatic carbocycles. The third-order valence-corrected chi connectivity index (χ3v) is 5.66. The number of unbranched alkanes of at least 4 members (excludes halogenated alkanes) is 1. The summed E-state index contributed by atoms with van der Waals surface area (Å²) in [5, 5.41) is 16.1. The van der Waals surface area contributed by atoms with E-state index in [1.165, 1.54) is 13.0 Å². The monoisotopic (exact) mass is 526 g/mol. The zero-order valence-electron chi connectivity index (χ0n) is 19.8. The van der Waals surface area contributed by atoms with E-state index in [0.29, 0.717) is 25.8 Å². The molecule has 0 aliphatic rings. The molecule has 0 saturated carbocycles. The minimum Gasteiger partial charge on any atom is -0.369 e. The molecule has 0 heterocycles. The maximum Gasteiger partial charge on any atom is 0.283 e. The summed E-state index contributed by atoms with van der Waals surface area (Å²) < 4.78 is 0. The highest BCUT2D eigenvalue weighted by atomic mass is 35.5. The summed E-state index contributed by atoms with van der Waals surface area (Å²) >= 11 is 5.74. The number of primary amides is 2. The molecular weight excluding hydrogens is 496 g/mol. The van der Waals surface area contributed by atoms with Crippen molar-refractivity contribution in [1.82, 2.24) is 10.6 Å². The summed E-state index contributed by atoms with van der Waals surface area (Å²) in [4.78, 5) is 71.2. The number of ketones is 1. The van der Waals surface area contributed by atoms with Crippen molar-refractivity contribution in [2.45, 2.75) is 57.5 Å². The van der Waals surface area contributed by atoms with E-state index in [9.17, 15) is 34.1 Å². The topological polar surface area (TPSA) is 231 Å². The molecule has 36 heavy (non-hydrogen) atoms. The fraction of sp³-hybridized carbons (Fsp3) is 0.500. The predicted molar refractivity (Wildman–Crippen MR) is 131 cm³/mol. The number of nitrogens with two attached hydrogens (primary N) is 3. The first kappa shape index (κ1) is 30.5. The molecule has 3 atom stereocenters. The van der Waals surface area contributed by atoms with Gasteiger partial charge in [-0.15, -0.1) is 0 Å². The molecule has 0 saturated heterocycles. The number of nitrogens with one attached hydrogen (secondary N) is 2. The van der Waals surface area contributed by atoms with Crippen LogP contribution in [0.25, 0.3) is 0 Å². The van der Waals surface area contributed by atoms with E-state index >= 15 is 0 Å². The molecule has 13 nitrogen and oxygen atoms in total. The molecule has 198 valence electrons. The lowest BCUT2D eigenvalue weighted by Crippen LogP contribution is -2.44. The van der Waals surface area contributed by atoms with E-state index in [-0.39, 0.29) is 29.8 Å². The van der Waals surface area contributed by atoms with E-state index < -0.39 is 58.0 Å². The minimum absolute atomic E-state index is 0.0634. The number of nitro benzene ring substituents is 1. The normalized spacial score (nSPS) is 13.2. The second-order valence-corrected chi connectivity index (χ2v) is 8.67. The number of nitrogens with zero attached hydrogens (tertiary/aromatic N) is 1. The van der Waals surface area contributed by atoms with Crippen LogP contribution in [0.2, 0.25) is 5.02 Å². The van der Waals surface area contributed by atoms with Gasteiger partial charge in [0.2, 0.25) is 17.7 Å². The Balaban J connectivity index is 2.72. The van der Waals surface area contributed by atoms with Gasteiger partial charge in [-0.3, -0.25) is 34.1 Å². The lowest BCUT2D eigenvalue weighted by molar-refractivity contribution is -0.385. The highest BCUT2D eigenvalue weighted by molar-refractivity contribution is 6.31. The van der Waals surface area contributed by atoms with Crippen LogP contribution < -0.4 is 27.8 Å². The average molecular weight is 527 g/mol. The van der Waals surface area contributed by atoms with Crippen molar-refractivity contribution in [2.24, 2.45) is 23.1 Å². The van der Waals surface area contributed by atoms with Gasteiger partial charge in [0.1, 0.15) is 11.6 Å². The zero-order valence-corrected chi connectivity index (χ0v) is 20.6. The molecule has 2 unspecified atom stereocenters. The molecule has 0 aliphatic heterocycles. The van der Waals surface area contributed by atoms with Crippen LogP contribution in [-0.4, -0.2) is 53.0 Å². The van der Waals surface area contributed by atoms with Gasteiger partial charge in [0.05, 0.1) is 11.0 Å². The van der Waals surface area contributed by atoms with Crippen molar-refractivity contribution in [3.8, 4) is 0 Å². The average Bonchev–Trinajstić information content (AvgIpc) is 2.80. The molecular formula is C22H31ClN6O7. The number of amides is 4. The number of carbonyl (C=O) groups excluding carboxylic acids is 5. The second-order valence-electron chi connectivity index (χ2n) is 8.23. The lowest BCUT2D eigenvalue weighted by Gasteiger charge is -2.18.